The molecule has 0 aliphatic carbocycles. The average molecular weight is 315 g/mol. The molecule has 1 heterocycles. The number of anilines is 1. The third-order valence-electron chi connectivity index (χ3n) is 4.47. The molecule has 2 unspecified atom stereocenters. The number of nitrogens with one attached hydrogen (secondary N) is 1. The van der Waals surface area contributed by atoms with Gasteiger partial charge in [0.25, 0.3) is 0 Å². The van der Waals surface area contributed by atoms with E-state index in [9.17, 15) is 9.90 Å². The Balaban J connectivity index is 1.89. The summed E-state index contributed by atoms with van der Waals surface area (Å²) in [5.41, 5.74) is 1.03. The van der Waals surface area contributed by atoms with Crippen LogP contribution in [0.15, 0.2) is 24.3 Å². The molecule has 1 aromatic carbocycles. The third-order valence-corrected chi connectivity index (χ3v) is 4.47. The lowest BCUT2D eigenvalue weighted by Crippen LogP contribution is -2.47. The number of nitrogens with zero attached hydrogens (tertiary/aromatic N) is 2. The molecule has 0 aromatic heterocycles. The number of carbonyl (C=O) groups excluding carboxylic acids is 1. The SMILES string of the molecule is CCC(O)C1CCCCN1CCC(=O)Nc1ccccc1C#N. The van der Waals surface area contributed by atoms with Crippen molar-refractivity contribution in [3.8, 4) is 6.07 Å². The zero-order valence-corrected chi connectivity index (χ0v) is 13.7. The number of hydrogen-bond donors (Lipinski definition) is 2. The van der Waals surface area contributed by atoms with Crippen molar-refractivity contribution >= 4 is 11.6 Å². The average Bonchev–Trinajstić information content (AvgIpc) is 2.60. The molecular weight excluding hydrogens is 290 g/mol. The Labute approximate surface area is 137 Å². The second kappa shape index (κ2) is 8.66. The molecule has 1 aliphatic rings. The Morgan fingerprint density at radius 1 is 1.48 bits per heavy atom. The highest BCUT2D eigenvalue weighted by atomic mass is 16.3. The lowest BCUT2D eigenvalue weighted by molar-refractivity contribution is -0.117. The van der Waals surface area contributed by atoms with E-state index in [-0.39, 0.29) is 18.1 Å². The summed E-state index contributed by atoms with van der Waals surface area (Å²) < 4.78 is 0. The normalized spacial score (nSPS) is 19.8. The van der Waals surface area contributed by atoms with E-state index in [4.69, 9.17) is 5.26 Å². The molecule has 1 aliphatic heterocycles. The maximum Gasteiger partial charge on any atom is 0.225 e. The molecule has 0 spiro atoms. The second-order valence-corrected chi connectivity index (χ2v) is 6.03. The molecule has 0 bridgehead atoms. The minimum absolute atomic E-state index is 0.0944. The lowest BCUT2D eigenvalue weighted by atomic mass is 9.95. The van der Waals surface area contributed by atoms with E-state index in [0.29, 0.717) is 24.2 Å². The number of benzene rings is 1. The molecule has 2 rings (SSSR count). The van der Waals surface area contributed by atoms with E-state index in [1.165, 1.54) is 0 Å². The topological polar surface area (TPSA) is 76.4 Å². The van der Waals surface area contributed by atoms with Gasteiger partial charge in [0, 0.05) is 19.0 Å². The van der Waals surface area contributed by atoms with Crippen LogP contribution in [-0.4, -0.2) is 41.1 Å². The van der Waals surface area contributed by atoms with E-state index >= 15 is 0 Å². The number of piperidine rings is 1. The van der Waals surface area contributed by atoms with Gasteiger partial charge in [0.15, 0.2) is 0 Å². The van der Waals surface area contributed by atoms with Crippen LogP contribution in [0.5, 0.6) is 0 Å². The molecular formula is C18H25N3O2. The van der Waals surface area contributed by atoms with Crippen molar-refractivity contribution < 1.29 is 9.90 Å². The molecule has 5 heteroatoms. The highest BCUT2D eigenvalue weighted by molar-refractivity contribution is 5.92. The number of amides is 1. The van der Waals surface area contributed by atoms with Crippen molar-refractivity contribution in [1.29, 1.82) is 5.26 Å². The summed E-state index contributed by atoms with van der Waals surface area (Å²) in [6, 6.07) is 9.24. The number of para-hydroxylation sites is 1. The Morgan fingerprint density at radius 2 is 2.26 bits per heavy atom. The van der Waals surface area contributed by atoms with Gasteiger partial charge in [-0.25, -0.2) is 0 Å². The Morgan fingerprint density at radius 3 is 3.00 bits per heavy atom. The maximum atomic E-state index is 12.2. The summed E-state index contributed by atoms with van der Waals surface area (Å²) >= 11 is 0. The van der Waals surface area contributed by atoms with Crippen molar-refractivity contribution in [1.82, 2.24) is 4.90 Å². The van der Waals surface area contributed by atoms with Crippen LogP contribution in [0.3, 0.4) is 0 Å². The van der Waals surface area contributed by atoms with Gasteiger partial charge in [-0.3, -0.25) is 9.69 Å². The monoisotopic (exact) mass is 315 g/mol. The largest absolute Gasteiger partial charge is 0.392 e. The molecule has 0 radical (unpaired) electrons. The predicted molar refractivity (Wildman–Crippen MR) is 89.9 cm³/mol. The van der Waals surface area contributed by atoms with Crippen LogP contribution in [0.1, 0.15) is 44.6 Å². The first-order valence-corrected chi connectivity index (χ1v) is 8.36. The summed E-state index contributed by atoms with van der Waals surface area (Å²) in [7, 11) is 0. The smallest absolute Gasteiger partial charge is 0.225 e. The number of aliphatic hydroxyl groups excluding tert-OH is 1. The fourth-order valence-corrected chi connectivity index (χ4v) is 3.15. The number of carbonyl (C=O) groups is 1. The fraction of sp³-hybridized carbons (Fsp3) is 0.556. The lowest BCUT2D eigenvalue weighted by Gasteiger charge is -2.38. The van der Waals surface area contributed by atoms with E-state index in [0.717, 1.165) is 32.2 Å². The molecule has 2 N–H and O–H groups in total. The van der Waals surface area contributed by atoms with Crippen LogP contribution in [0.25, 0.3) is 0 Å². The van der Waals surface area contributed by atoms with Gasteiger partial charge in [-0.05, 0) is 37.9 Å². The van der Waals surface area contributed by atoms with E-state index < -0.39 is 0 Å². The quantitative estimate of drug-likeness (QED) is 0.845. The molecule has 1 saturated heterocycles. The van der Waals surface area contributed by atoms with E-state index in [2.05, 4.69) is 16.3 Å². The summed E-state index contributed by atoms with van der Waals surface area (Å²) in [5.74, 6) is -0.0944. The minimum Gasteiger partial charge on any atom is -0.392 e. The second-order valence-electron chi connectivity index (χ2n) is 6.03. The molecule has 1 aromatic rings. The third kappa shape index (κ3) is 4.78. The standard InChI is InChI=1S/C18H25N3O2/c1-2-17(22)16-9-5-6-11-21(16)12-10-18(23)20-15-8-4-3-7-14(15)13-19/h3-4,7-8,16-17,22H,2,5-6,9-12H2,1H3,(H,20,23). The van der Waals surface area contributed by atoms with Crippen LogP contribution < -0.4 is 5.32 Å². The first kappa shape index (κ1) is 17.5. The van der Waals surface area contributed by atoms with Crippen molar-refractivity contribution in [2.45, 2.75) is 51.2 Å². The maximum absolute atomic E-state index is 12.2. The molecule has 23 heavy (non-hydrogen) atoms. The Hall–Kier alpha value is -1.90. The first-order valence-electron chi connectivity index (χ1n) is 8.36. The van der Waals surface area contributed by atoms with Crippen molar-refractivity contribution in [2.75, 3.05) is 18.4 Å². The number of rotatable bonds is 6. The van der Waals surface area contributed by atoms with Crippen LogP contribution in [-0.2, 0) is 4.79 Å². The van der Waals surface area contributed by atoms with E-state index in [1.54, 1.807) is 24.3 Å². The molecule has 5 nitrogen and oxygen atoms in total. The zero-order valence-electron chi connectivity index (χ0n) is 13.7. The summed E-state index contributed by atoms with van der Waals surface area (Å²) in [5, 5.41) is 22.0. The molecule has 2 atom stereocenters. The van der Waals surface area contributed by atoms with Crippen LogP contribution in [0.2, 0.25) is 0 Å². The number of likely N-dealkylation sites (tertiary alicyclic amines) is 1. The number of nitriles is 1. The van der Waals surface area contributed by atoms with Gasteiger partial charge in [0.2, 0.25) is 5.91 Å². The van der Waals surface area contributed by atoms with Gasteiger partial charge >= 0.3 is 0 Å². The number of hydrogen-bond acceptors (Lipinski definition) is 4. The number of aliphatic hydroxyl groups is 1. The van der Waals surface area contributed by atoms with Gasteiger partial charge in [0.1, 0.15) is 6.07 Å². The Kier molecular flexibility index (Phi) is 6.57. The molecule has 1 amide bonds. The van der Waals surface area contributed by atoms with Gasteiger partial charge in [-0.1, -0.05) is 25.5 Å². The van der Waals surface area contributed by atoms with Gasteiger partial charge in [-0.15, -0.1) is 0 Å². The van der Waals surface area contributed by atoms with Gasteiger partial charge in [0.05, 0.1) is 17.4 Å². The highest BCUT2D eigenvalue weighted by Crippen LogP contribution is 2.21. The Bertz CT molecular complexity index is 568. The van der Waals surface area contributed by atoms with Crippen LogP contribution in [0, 0.1) is 11.3 Å². The molecule has 124 valence electrons. The van der Waals surface area contributed by atoms with Crippen LogP contribution >= 0.6 is 0 Å². The van der Waals surface area contributed by atoms with Crippen molar-refractivity contribution in [3.05, 3.63) is 29.8 Å². The fourth-order valence-electron chi connectivity index (χ4n) is 3.15. The summed E-state index contributed by atoms with van der Waals surface area (Å²) in [6.45, 7) is 3.56. The highest BCUT2D eigenvalue weighted by Gasteiger charge is 2.27. The predicted octanol–water partition coefficient (Wildman–Crippen LogP) is 2.51. The summed E-state index contributed by atoms with van der Waals surface area (Å²) in [6.07, 6.45) is 4.03. The van der Waals surface area contributed by atoms with Gasteiger partial charge in [-0.2, -0.15) is 5.26 Å². The zero-order chi connectivity index (χ0) is 16.7. The molecule has 0 saturated carbocycles. The van der Waals surface area contributed by atoms with Crippen molar-refractivity contribution in [3.63, 3.8) is 0 Å². The molecule has 1 fully saturated rings. The van der Waals surface area contributed by atoms with Gasteiger partial charge < -0.3 is 10.4 Å². The van der Waals surface area contributed by atoms with E-state index in [1.807, 2.05) is 6.92 Å². The summed E-state index contributed by atoms with van der Waals surface area (Å²) in [4.78, 5) is 14.4. The van der Waals surface area contributed by atoms with Crippen molar-refractivity contribution in [2.24, 2.45) is 0 Å². The van der Waals surface area contributed by atoms with Crippen LogP contribution in [0.4, 0.5) is 5.69 Å². The minimum atomic E-state index is -0.322. The first-order chi connectivity index (χ1) is 11.2.